The number of rotatable bonds is 5. The van der Waals surface area contributed by atoms with E-state index in [0.29, 0.717) is 24.5 Å². The third-order valence-corrected chi connectivity index (χ3v) is 4.04. The van der Waals surface area contributed by atoms with Gasteiger partial charge < -0.3 is 9.64 Å². The highest BCUT2D eigenvalue weighted by atomic mass is 35.5. The molecule has 1 aromatic heterocycles. The van der Waals surface area contributed by atoms with E-state index >= 15 is 0 Å². The number of anilines is 1. The first kappa shape index (κ1) is 14.4. The quantitative estimate of drug-likeness (QED) is 0.778. The van der Waals surface area contributed by atoms with Crippen molar-refractivity contribution in [3.63, 3.8) is 0 Å². The summed E-state index contributed by atoms with van der Waals surface area (Å²) >= 11 is 6.42. The number of hydrogen-bond acceptors (Lipinski definition) is 4. The molecular formula is C14H22ClN3O. The number of alkyl halides is 1. The summed E-state index contributed by atoms with van der Waals surface area (Å²) in [4.78, 5) is 10.9. The smallest absolute Gasteiger partial charge is 0.228 e. The lowest BCUT2D eigenvalue weighted by atomic mass is 9.94. The molecule has 1 aliphatic rings. The van der Waals surface area contributed by atoms with Crippen LogP contribution in [0.3, 0.4) is 0 Å². The van der Waals surface area contributed by atoms with Crippen molar-refractivity contribution >= 4 is 17.5 Å². The van der Waals surface area contributed by atoms with Crippen molar-refractivity contribution in [2.45, 2.75) is 50.4 Å². The van der Waals surface area contributed by atoms with Crippen molar-refractivity contribution in [1.82, 2.24) is 9.97 Å². The van der Waals surface area contributed by atoms with Crippen LogP contribution >= 0.6 is 11.6 Å². The van der Waals surface area contributed by atoms with Gasteiger partial charge in [-0.3, -0.25) is 0 Å². The average molecular weight is 284 g/mol. The maximum absolute atomic E-state index is 6.42. The van der Waals surface area contributed by atoms with Crippen LogP contribution in [0.1, 0.15) is 39.0 Å². The van der Waals surface area contributed by atoms with Crippen molar-refractivity contribution in [2.75, 3.05) is 18.6 Å². The van der Waals surface area contributed by atoms with Crippen LogP contribution < -0.4 is 9.64 Å². The van der Waals surface area contributed by atoms with E-state index in [9.17, 15) is 0 Å². The molecule has 0 aliphatic heterocycles. The highest BCUT2D eigenvalue weighted by Crippen LogP contribution is 2.28. The van der Waals surface area contributed by atoms with E-state index in [-0.39, 0.29) is 5.38 Å². The molecule has 2 atom stereocenters. The SMILES string of the molecule is CCCOc1ccnc(N(C)C2CCCCC2Cl)n1. The van der Waals surface area contributed by atoms with Gasteiger partial charge in [0.25, 0.3) is 0 Å². The van der Waals surface area contributed by atoms with Gasteiger partial charge in [0.15, 0.2) is 0 Å². The minimum atomic E-state index is 0.183. The molecule has 1 saturated carbocycles. The molecule has 1 heterocycles. The minimum Gasteiger partial charge on any atom is -0.478 e. The van der Waals surface area contributed by atoms with E-state index in [2.05, 4.69) is 21.8 Å². The van der Waals surface area contributed by atoms with Crippen LogP contribution in [0.2, 0.25) is 0 Å². The lowest BCUT2D eigenvalue weighted by molar-refractivity contribution is 0.304. The summed E-state index contributed by atoms with van der Waals surface area (Å²) in [6, 6.07) is 2.11. The third kappa shape index (κ3) is 3.72. The van der Waals surface area contributed by atoms with E-state index in [1.165, 1.54) is 12.8 Å². The second-order valence-corrected chi connectivity index (χ2v) is 5.58. The molecule has 2 rings (SSSR count). The van der Waals surface area contributed by atoms with Gasteiger partial charge in [-0.1, -0.05) is 19.8 Å². The Morgan fingerprint density at radius 3 is 2.95 bits per heavy atom. The summed E-state index contributed by atoms with van der Waals surface area (Å²) in [5, 5.41) is 0.183. The van der Waals surface area contributed by atoms with E-state index in [1.54, 1.807) is 12.3 Å². The molecule has 5 heteroatoms. The fourth-order valence-electron chi connectivity index (χ4n) is 2.44. The molecule has 1 aromatic rings. The normalized spacial score (nSPS) is 23.1. The first-order valence-corrected chi connectivity index (χ1v) is 7.48. The van der Waals surface area contributed by atoms with Crippen LogP contribution in [0.5, 0.6) is 5.88 Å². The molecule has 19 heavy (non-hydrogen) atoms. The van der Waals surface area contributed by atoms with E-state index in [0.717, 1.165) is 19.3 Å². The van der Waals surface area contributed by atoms with Gasteiger partial charge in [0, 0.05) is 25.4 Å². The molecule has 0 amide bonds. The zero-order valence-electron chi connectivity index (χ0n) is 11.7. The van der Waals surface area contributed by atoms with E-state index in [1.807, 2.05) is 7.05 Å². The fourth-order valence-corrected chi connectivity index (χ4v) is 2.89. The monoisotopic (exact) mass is 283 g/mol. The van der Waals surface area contributed by atoms with Crippen LogP contribution in [-0.2, 0) is 0 Å². The zero-order valence-corrected chi connectivity index (χ0v) is 12.4. The Hall–Kier alpha value is -1.03. The Kier molecular flexibility index (Phi) is 5.25. The standard InChI is InChI=1S/C14H22ClN3O/c1-3-10-19-13-8-9-16-14(17-13)18(2)12-7-5-4-6-11(12)15/h8-9,11-12H,3-7,10H2,1-2H3. The summed E-state index contributed by atoms with van der Waals surface area (Å²) in [7, 11) is 2.02. The average Bonchev–Trinajstić information content (AvgIpc) is 2.45. The molecule has 0 saturated heterocycles. The van der Waals surface area contributed by atoms with Gasteiger partial charge in [-0.05, 0) is 19.3 Å². The van der Waals surface area contributed by atoms with Crippen LogP contribution in [0.25, 0.3) is 0 Å². The molecule has 4 nitrogen and oxygen atoms in total. The number of ether oxygens (including phenoxy) is 1. The number of aromatic nitrogens is 2. The predicted octanol–water partition coefficient (Wildman–Crippen LogP) is 3.25. The summed E-state index contributed by atoms with van der Waals surface area (Å²) < 4.78 is 5.55. The van der Waals surface area contributed by atoms with Gasteiger partial charge in [0.2, 0.25) is 11.8 Å². The summed E-state index contributed by atoms with van der Waals surface area (Å²) in [6.07, 6.45) is 7.34. The maximum Gasteiger partial charge on any atom is 0.228 e. The van der Waals surface area contributed by atoms with E-state index < -0.39 is 0 Å². The van der Waals surface area contributed by atoms with Gasteiger partial charge >= 0.3 is 0 Å². The predicted molar refractivity (Wildman–Crippen MR) is 78.1 cm³/mol. The molecule has 0 aromatic carbocycles. The van der Waals surface area contributed by atoms with Crippen LogP contribution in [0, 0.1) is 0 Å². The molecule has 1 aliphatic carbocycles. The Morgan fingerprint density at radius 1 is 1.42 bits per heavy atom. The highest BCUT2D eigenvalue weighted by molar-refractivity contribution is 6.21. The Balaban J connectivity index is 2.07. The van der Waals surface area contributed by atoms with E-state index in [4.69, 9.17) is 16.3 Å². The lowest BCUT2D eigenvalue weighted by Gasteiger charge is -2.34. The van der Waals surface area contributed by atoms with Crippen LogP contribution in [-0.4, -0.2) is 35.0 Å². The molecule has 0 spiro atoms. The second kappa shape index (κ2) is 6.94. The molecule has 0 bridgehead atoms. The van der Waals surface area contributed by atoms with Crippen molar-refractivity contribution in [1.29, 1.82) is 0 Å². The van der Waals surface area contributed by atoms with Crippen molar-refractivity contribution in [2.24, 2.45) is 0 Å². The molecule has 0 N–H and O–H groups in total. The molecular weight excluding hydrogens is 262 g/mol. The van der Waals surface area contributed by atoms with Gasteiger partial charge in [-0.15, -0.1) is 11.6 Å². The topological polar surface area (TPSA) is 38.2 Å². The largest absolute Gasteiger partial charge is 0.478 e. The number of hydrogen-bond donors (Lipinski definition) is 0. The first-order chi connectivity index (χ1) is 9.22. The minimum absolute atomic E-state index is 0.183. The number of nitrogens with zero attached hydrogens (tertiary/aromatic N) is 3. The first-order valence-electron chi connectivity index (χ1n) is 7.05. The highest BCUT2D eigenvalue weighted by Gasteiger charge is 2.28. The van der Waals surface area contributed by atoms with Gasteiger partial charge in [0.1, 0.15) is 0 Å². The Bertz CT molecular complexity index is 402. The van der Waals surface area contributed by atoms with Crippen LogP contribution in [0.4, 0.5) is 5.95 Å². The summed E-state index contributed by atoms with van der Waals surface area (Å²) in [5.74, 6) is 1.34. The molecule has 106 valence electrons. The third-order valence-electron chi connectivity index (χ3n) is 3.53. The summed E-state index contributed by atoms with van der Waals surface area (Å²) in [5.41, 5.74) is 0. The summed E-state index contributed by atoms with van der Waals surface area (Å²) in [6.45, 7) is 2.76. The van der Waals surface area contributed by atoms with Gasteiger partial charge in [-0.25, -0.2) is 4.98 Å². The maximum atomic E-state index is 6.42. The Labute approximate surface area is 120 Å². The zero-order chi connectivity index (χ0) is 13.7. The van der Waals surface area contributed by atoms with Crippen molar-refractivity contribution in [3.05, 3.63) is 12.3 Å². The van der Waals surface area contributed by atoms with Crippen LogP contribution in [0.15, 0.2) is 12.3 Å². The van der Waals surface area contributed by atoms with Crippen molar-refractivity contribution < 1.29 is 4.74 Å². The number of halogens is 1. The Morgan fingerprint density at radius 2 is 2.21 bits per heavy atom. The second-order valence-electron chi connectivity index (χ2n) is 5.02. The molecule has 2 unspecified atom stereocenters. The fraction of sp³-hybridized carbons (Fsp3) is 0.714. The molecule has 0 radical (unpaired) electrons. The van der Waals surface area contributed by atoms with Gasteiger partial charge in [0.05, 0.1) is 12.0 Å². The van der Waals surface area contributed by atoms with Crippen molar-refractivity contribution in [3.8, 4) is 5.88 Å². The molecule has 1 fully saturated rings. The lowest BCUT2D eigenvalue weighted by Crippen LogP contribution is -2.41. The van der Waals surface area contributed by atoms with Gasteiger partial charge in [-0.2, -0.15) is 4.98 Å².